The second-order valence-corrected chi connectivity index (χ2v) is 7.77. The highest BCUT2D eigenvalue weighted by Gasteiger charge is 2.20. The highest BCUT2D eigenvalue weighted by molar-refractivity contribution is 5.27. The summed E-state index contributed by atoms with van der Waals surface area (Å²) in [5, 5.41) is 0. The van der Waals surface area contributed by atoms with Gasteiger partial charge < -0.3 is 4.74 Å². The molecule has 0 bridgehead atoms. The Morgan fingerprint density at radius 3 is 2.08 bits per heavy atom. The van der Waals surface area contributed by atoms with Gasteiger partial charge in [-0.25, -0.2) is 0 Å². The SMILES string of the molecule is CCCCCc1ccc(OCCCC2CCC(CCC)CC2)cc1. The third-order valence-electron chi connectivity index (χ3n) is 5.68. The number of benzene rings is 1. The van der Waals surface area contributed by atoms with Crippen molar-refractivity contribution in [2.75, 3.05) is 6.61 Å². The van der Waals surface area contributed by atoms with Gasteiger partial charge in [-0.05, 0) is 55.2 Å². The van der Waals surface area contributed by atoms with Gasteiger partial charge in [0, 0.05) is 0 Å². The van der Waals surface area contributed by atoms with Crippen molar-refractivity contribution in [2.24, 2.45) is 11.8 Å². The molecule has 0 unspecified atom stereocenters. The van der Waals surface area contributed by atoms with Gasteiger partial charge in [0.25, 0.3) is 0 Å². The summed E-state index contributed by atoms with van der Waals surface area (Å²) in [6, 6.07) is 8.77. The van der Waals surface area contributed by atoms with E-state index in [9.17, 15) is 0 Å². The lowest BCUT2D eigenvalue weighted by molar-refractivity contribution is 0.230. The molecule has 0 heterocycles. The Bertz CT molecular complexity index is 414. The zero-order valence-electron chi connectivity index (χ0n) is 16.1. The minimum atomic E-state index is 0.879. The van der Waals surface area contributed by atoms with Gasteiger partial charge in [0.15, 0.2) is 0 Å². The molecule has 1 heteroatoms. The van der Waals surface area contributed by atoms with E-state index in [1.54, 1.807) is 0 Å². The number of hydrogen-bond donors (Lipinski definition) is 0. The molecule has 0 atom stereocenters. The number of hydrogen-bond acceptors (Lipinski definition) is 1. The molecule has 0 N–H and O–H groups in total. The number of rotatable bonds is 11. The zero-order chi connectivity index (χ0) is 17.0. The molecule has 0 amide bonds. The highest BCUT2D eigenvalue weighted by Crippen LogP contribution is 2.33. The minimum absolute atomic E-state index is 0.879. The fraction of sp³-hybridized carbons (Fsp3) is 0.739. The van der Waals surface area contributed by atoms with Crippen molar-refractivity contribution < 1.29 is 4.74 Å². The van der Waals surface area contributed by atoms with Gasteiger partial charge >= 0.3 is 0 Å². The normalized spacial score (nSPS) is 20.9. The maximum absolute atomic E-state index is 5.94. The molecule has 24 heavy (non-hydrogen) atoms. The van der Waals surface area contributed by atoms with Gasteiger partial charge in [0.1, 0.15) is 5.75 Å². The van der Waals surface area contributed by atoms with Crippen LogP contribution in [0.4, 0.5) is 0 Å². The van der Waals surface area contributed by atoms with Crippen LogP contribution in [-0.2, 0) is 6.42 Å². The van der Waals surface area contributed by atoms with Gasteiger partial charge in [-0.1, -0.05) is 77.3 Å². The van der Waals surface area contributed by atoms with Gasteiger partial charge in [-0.2, -0.15) is 0 Å². The molecule has 0 aromatic heterocycles. The van der Waals surface area contributed by atoms with Crippen molar-refractivity contribution in [3.05, 3.63) is 29.8 Å². The molecule has 1 nitrogen and oxygen atoms in total. The maximum Gasteiger partial charge on any atom is 0.119 e. The van der Waals surface area contributed by atoms with E-state index in [2.05, 4.69) is 38.1 Å². The summed E-state index contributed by atoms with van der Waals surface area (Å²) >= 11 is 0. The summed E-state index contributed by atoms with van der Waals surface area (Å²) in [7, 11) is 0. The summed E-state index contributed by atoms with van der Waals surface area (Å²) in [5.41, 5.74) is 1.44. The lowest BCUT2D eigenvalue weighted by Crippen LogP contribution is -2.15. The number of aryl methyl sites for hydroxylation is 1. The smallest absolute Gasteiger partial charge is 0.119 e. The van der Waals surface area contributed by atoms with Crippen LogP contribution in [0.5, 0.6) is 5.75 Å². The first-order valence-electron chi connectivity index (χ1n) is 10.5. The minimum Gasteiger partial charge on any atom is -0.494 e. The van der Waals surface area contributed by atoms with Gasteiger partial charge in [0.2, 0.25) is 0 Å². The first-order valence-corrected chi connectivity index (χ1v) is 10.5. The lowest BCUT2D eigenvalue weighted by Gasteiger charge is -2.28. The van der Waals surface area contributed by atoms with E-state index in [-0.39, 0.29) is 0 Å². The molecule has 0 spiro atoms. The molecule has 1 fully saturated rings. The van der Waals surface area contributed by atoms with Crippen molar-refractivity contribution in [3.8, 4) is 5.75 Å². The second kappa shape index (κ2) is 11.6. The summed E-state index contributed by atoms with van der Waals surface area (Å²) in [5.74, 6) is 3.03. The Hall–Kier alpha value is -0.980. The summed E-state index contributed by atoms with van der Waals surface area (Å²) in [4.78, 5) is 0. The zero-order valence-corrected chi connectivity index (χ0v) is 16.1. The average Bonchev–Trinajstić information content (AvgIpc) is 2.62. The quantitative estimate of drug-likeness (QED) is 0.390. The van der Waals surface area contributed by atoms with E-state index in [1.807, 2.05) is 0 Å². The predicted octanol–water partition coefficient (Wildman–Crippen LogP) is 7.18. The van der Waals surface area contributed by atoms with Crippen LogP contribution >= 0.6 is 0 Å². The molecule has 0 aliphatic heterocycles. The Morgan fingerprint density at radius 1 is 0.792 bits per heavy atom. The van der Waals surface area contributed by atoms with Crippen LogP contribution in [0.1, 0.15) is 90.0 Å². The van der Waals surface area contributed by atoms with Crippen LogP contribution in [-0.4, -0.2) is 6.61 Å². The Labute approximate surface area is 150 Å². The molecular formula is C23H38O. The van der Waals surface area contributed by atoms with Gasteiger partial charge in [0.05, 0.1) is 6.61 Å². The van der Waals surface area contributed by atoms with Crippen molar-refractivity contribution >= 4 is 0 Å². The molecule has 1 aromatic rings. The van der Waals surface area contributed by atoms with E-state index >= 15 is 0 Å². The van der Waals surface area contributed by atoms with Crippen LogP contribution < -0.4 is 4.74 Å². The van der Waals surface area contributed by atoms with Crippen molar-refractivity contribution in [3.63, 3.8) is 0 Å². The number of unbranched alkanes of at least 4 members (excludes halogenated alkanes) is 2. The summed E-state index contributed by atoms with van der Waals surface area (Å²) in [6.07, 6.45) is 16.4. The van der Waals surface area contributed by atoms with E-state index in [1.165, 1.54) is 82.6 Å². The fourth-order valence-corrected chi connectivity index (χ4v) is 4.11. The van der Waals surface area contributed by atoms with E-state index < -0.39 is 0 Å². The maximum atomic E-state index is 5.94. The molecular weight excluding hydrogens is 292 g/mol. The molecule has 1 saturated carbocycles. The van der Waals surface area contributed by atoms with Crippen molar-refractivity contribution in [2.45, 2.75) is 90.9 Å². The third kappa shape index (κ3) is 7.28. The van der Waals surface area contributed by atoms with Crippen molar-refractivity contribution in [1.82, 2.24) is 0 Å². The molecule has 0 saturated heterocycles. The lowest BCUT2D eigenvalue weighted by atomic mass is 9.78. The Balaban J connectivity index is 1.56. The monoisotopic (exact) mass is 330 g/mol. The summed E-state index contributed by atoms with van der Waals surface area (Å²) < 4.78 is 5.94. The van der Waals surface area contributed by atoms with Crippen molar-refractivity contribution in [1.29, 1.82) is 0 Å². The topological polar surface area (TPSA) is 9.23 Å². The largest absolute Gasteiger partial charge is 0.494 e. The Kier molecular flexibility index (Phi) is 9.31. The summed E-state index contributed by atoms with van der Waals surface area (Å²) in [6.45, 7) is 5.46. The molecule has 1 aromatic carbocycles. The molecule has 2 rings (SSSR count). The van der Waals surface area contributed by atoms with Crippen LogP contribution in [0.3, 0.4) is 0 Å². The Morgan fingerprint density at radius 2 is 1.46 bits per heavy atom. The third-order valence-corrected chi connectivity index (χ3v) is 5.68. The second-order valence-electron chi connectivity index (χ2n) is 7.77. The first-order chi connectivity index (χ1) is 11.8. The van der Waals surface area contributed by atoms with E-state index in [0.29, 0.717) is 0 Å². The van der Waals surface area contributed by atoms with E-state index in [4.69, 9.17) is 4.74 Å². The molecule has 0 radical (unpaired) electrons. The first kappa shape index (κ1) is 19.3. The standard InChI is InChI=1S/C23H38O/c1-3-5-6-9-21-15-17-23(18-16-21)24-19-7-10-22-13-11-20(8-4-2)12-14-22/h15-18,20,22H,3-14,19H2,1-2H3. The van der Waals surface area contributed by atoms with Gasteiger partial charge in [-0.3, -0.25) is 0 Å². The van der Waals surface area contributed by atoms with Crippen LogP contribution in [0.2, 0.25) is 0 Å². The fourth-order valence-electron chi connectivity index (χ4n) is 4.11. The van der Waals surface area contributed by atoms with Crippen LogP contribution in [0.15, 0.2) is 24.3 Å². The predicted molar refractivity (Wildman–Crippen MR) is 105 cm³/mol. The highest BCUT2D eigenvalue weighted by atomic mass is 16.5. The van der Waals surface area contributed by atoms with Gasteiger partial charge in [-0.15, -0.1) is 0 Å². The average molecular weight is 331 g/mol. The van der Waals surface area contributed by atoms with E-state index in [0.717, 1.165) is 24.2 Å². The molecule has 136 valence electrons. The number of ether oxygens (including phenoxy) is 1. The molecule has 1 aliphatic carbocycles. The molecule has 1 aliphatic rings. The van der Waals surface area contributed by atoms with Crippen LogP contribution in [0, 0.1) is 11.8 Å². The van der Waals surface area contributed by atoms with Crippen LogP contribution in [0.25, 0.3) is 0 Å².